The van der Waals surface area contributed by atoms with E-state index in [0.717, 1.165) is 12.8 Å². The van der Waals surface area contributed by atoms with Crippen LogP contribution in [0.1, 0.15) is 60.3 Å². The fourth-order valence-electron chi connectivity index (χ4n) is 1.64. The summed E-state index contributed by atoms with van der Waals surface area (Å²) in [5.41, 5.74) is 0. The minimum Gasteiger partial charge on any atom is -0.350 e. The molecule has 0 aromatic heterocycles. The molecule has 0 saturated heterocycles. The van der Waals surface area contributed by atoms with Crippen molar-refractivity contribution in [3.8, 4) is 0 Å². The molecule has 2 unspecified atom stereocenters. The molecule has 0 aliphatic rings. The monoisotopic (exact) mass is 202 g/mol. The van der Waals surface area contributed by atoms with Gasteiger partial charge in [-0.2, -0.15) is 0 Å². The lowest BCUT2D eigenvalue weighted by Gasteiger charge is -2.22. The summed E-state index contributed by atoms with van der Waals surface area (Å²) in [6, 6.07) is 0. The van der Waals surface area contributed by atoms with Gasteiger partial charge in [0, 0.05) is 0 Å². The summed E-state index contributed by atoms with van der Waals surface area (Å²) in [4.78, 5) is 0. The summed E-state index contributed by atoms with van der Waals surface area (Å²) < 4.78 is 11.4. The quantitative estimate of drug-likeness (QED) is 0.558. The molecule has 0 bridgehead atoms. The van der Waals surface area contributed by atoms with E-state index < -0.39 is 0 Å². The minimum absolute atomic E-state index is 0.0712. The summed E-state index contributed by atoms with van der Waals surface area (Å²) in [7, 11) is 0. The summed E-state index contributed by atoms with van der Waals surface area (Å²) in [5, 5.41) is 0. The van der Waals surface area contributed by atoms with Crippen LogP contribution in [0.15, 0.2) is 0 Å². The summed E-state index contributed by atoms with van der Waals surface area (Å²) in [5.74, 6) is 0. The Balaban J connectivity index is 3.57. The van der Waals surface area contributed by atoms with E-state index in [2.05, 4.69) is 27.7 Å². The molecule has 0 aromatic carbocycles. The molecule has 2 atom stereocenters. The normalized spacial score (nSPS) is 17.8. The third kappa shape index (κ3) is 7.34. The molecule has 0 aromatic rings. The first-order valence-corrected chi connectivity index (χ1v) is 5.91. The van der Waals surface area contributed by atoms with Crippen LogP contribution < -0.4 is 0 Å². The lowest BCUT2D eigenvalue weighted by molar-refractivity contribution is -0.179. The van der Waals surface area contributed by atoms with Gasteiger partial charge in [0.05, 0.1) is 12.2 Å². The highest BCUT2D eigenvalue weighted by atomic mass is 16.7. The van der Waals surface area contributed by atoms with Gasteiger partial charge >= 0.3 is 0 Å². The van der Waals surface area contributed by atoms with Gasteiger partial charge in [0.1, 0.15) is 0 Å². The smallest absolute Gasteiger partial charge is 0.155 e. The van der Waals surface area contributed by atoms with E-state index in [1.807, 2.05) is 6.92 Å². The van der Waals surface area contributed by atoms with E-state index in [0.29, 0.717) is 12.2 Å². The van der Waals surface area contributed by atoms with Crippen molar-refractivity contribution < 1.29 is 9.47 Å². The third-order valence-corrected chi connectivity index (χ3v) is 2.24. The number of hydrogen-bond donors (Lipinski definition) is 0. The average Bonchev–Trinajstić information content (AvgIpc) is 2.03. The second-order valence-electron chi connectivity index (χ2n) is 4.04. The molecule has 0 N–H and O–H groups in total. The molecule has 0 radical (unpaired) electrons. The van der Waals surface area contributed by atoms with Crippen molar-refractivity contribution in [2.45, 2.75) is 78.8 Å². The lowest BCUT2D eigenvalue weighted by atomic mass is 10.2. The van der Waals surface area contributed by atoms with Crippen molar-refractivity contribution in [3.63, 3.8) is 0 Å². The van der Waals surface area contributed by atoms with Crippen molar-refractivity contribution in [1.82, 2.24) is 0 Å². The van der Waals surface area contributed by atoms with E-state index in [9.17, 15) is 0 Å². The molecule has 14 heavy (non-hydrogen) atoms. The molecule has 0 spiro atoms. The Kier molecular flexibility index (Phi) is 8.20. The van der Waals surface area contributed by atoms with E-state index in [1.54, 1.807) is 0 Å². The predicted molar refractivity (Wildman–Crippen MR) is 60.4 cm³/mol. The van der Waals surface area contributed by atoms with E-state index in [1.165, 1.54) is 12.8 Å². The molecule has 0 amide bonds. The van der Waals surface area contributed by atoms with Crippen molar-refractivity contribution in [2.75, 3.05) is 0 Å². The zero-order chi connectivity index (χ0) is 11.0. The highest BCUT2D eigenvalue weighted by Gasteiger charge is 2.11. The van der Waals surface area contributed by atoms with Crippen LogP contribution in [0.25, 0.3) is 0 Å². The minimum atomic E-state index is -0.0712. The molecular weight excluding hydrogens is 176 g/mol. The van der Waals surface area contributed by atoms with Crippen LogP contribution in [0.2, 0.25) is 0 Å². The number of hydrogen-bond acceptors (Lipinski definition) is 2. The highest BCUT2D eigenvalue weighted by molar-refractivity contribution is 4.52. The second kappa shape index (κ2) is 8.25. The lowest BCUT2D eigenvalue weighted by Crippen LogP contribution is -2.24. The fraction of sp³-hybridized carbons (Fsp3) is 1.00. The Bertz CT molecular complexity index is 111. The van der Waals surface area contributed by atoms with Crippen LogP contribution in [-0.2, 0) is 9.47 Å². The zero-order valence-electron chi connectivity index (χ0n) is 10.4. The van der Waals surface area contributed by atoms with Gasteiger partial charge in [0.15, 0.2) is 6.29 Å². The first-order valence-electron chi connectivity index (χ1n) is 5.91. The molecule has 0 aliphatic heterocycles. The Labute approximate surface area is 89.0 Å². The molecular formula is C12H26O2. The molecule has 0 saturated carbocycles. The molecule has 0 fully saturated rings. The SMILES string of the molecule is CCCC(C)OC(C)OC(C)CCC. The Morgan fingerprint density at radius 2 is 1.14 bits per heavy atom. The van der Waals surface area contributed by atoms with Gasteiger partial charge in [-0.1, -0.05) is 26.7 Å². The van der Waals surface area contributed by atoms with Gasteiger partial charge < -0.3 is 9.47 Å². The number of rotatable bonds is 8. The fourth-order valence-corrected chi connectivity index (χ4v) is 1.64. The van der Waals surface area contributed by atoms with Crippen LogP contribution in [0.5, 0.6) is 0 Å². The molecule has 2 nitrogen and oxygen atoms in total. The van der Waals surface area contributed by atoms with Crippen LogP contribution >= 0.6 is 0 Å². The molecule has 0 aliphatic carbocycles. The van der Waals surface area contributed by atoms with Crippen molar-refractivity contribution >= 4 is 0 Å². The van der Waals surface area contributed by atoms with Crippen LogP contribution in [0, 0.1) is 0 Å². The molecule has 86 valence electrons. The summed E-state index contributed by atoms with van der Waals surface area (Å²) in [6.07, 6.45) is 5.09. The largest absolute Gasteiger partial charge is 0.350 e. The predicted octanol–water partition coefficient (Wildman–Crippen LogP) is 3.74. The van der Waals surface area contributed by atoms with Gasteiger partial charge in [-0.05, 0) is 33.6 Å². The maximum atomic E-state index is 5.69. The third-order valence-electron chi connectivity index (χ3n) is 2.24. The topological polar surface area (TPSA) is 18.5 Å². The first kappa shape index (κ1) is 13.9. The number of ether oxygens (including phenoxy) is 2. The van der Waals surface area contributed by atoms with Crippen LogP contribution in [-0.4, -0.2) is 18.5 Å². The van der Waals surface area contributed by atoms with Crippen molar-refractivity contribution in [1.29, 1.82) is 0 Å². The van der Waals surface area contributed by atoms with Gasteiger partial charge in [0.25, 0.3) is 0 Å². The van der Waals surface area contributed by atoms with E-state index in [-0.39, 0.29) is 6.29 Å². The summed E-state index contributed by atoms with van der Waals surface area (Å²) >= 11 is 0. The Morgan fingerprint density at radius 3 is 1.43 bits per heavy atom. The first-order chi connectivity index (χ1) is 6.60. The van der Waals surface area contributed by atoms with E-state index >= 15 is 0 Å². The second-order valence-corrected chi connectivity index (χ2v) is 4.04. The van der Waals surface area contributed by atoms with Gasteiger partial charge in [-0.15, -0.1) is 0 Å². The Hall–Kier alpha value is -0.0800. The van der Waals surface area contributed by atoms with Gasteiger partial charge in [-0.25, -0.2) is 0 Å². The summed E-state index contributed by atoms with van der Waals surface area (Å²) in [6.45, 7) is 10.5. The molecule has 0 heterocycles. The van der Waals surface area contributed by atoms with Gasteiger partial charge in [-0.3, -0.25) is 0 Å². The molecule has 2 heteroatoms. The average molecular weight is 202 g/mol. The maximum Gasteiger partial charge on any atom is 0.155 e. The highest BCUT2D eigenvalue weighted by Crippen LogP contribution is 2.10. The zero-order valence-corrected chi connectivity index (χ0v) is 10.4. The van der Waals surface area contributed by atoms with Crippen molar-refractivity contribution in [3.05, 3.63) is 0 Å². The van der Waals surface area contributed by atoms with Crippen LogP contribution in [0.4, 0.5) is 0 Å². The maximum absolute atomic E-state index is 5.69. The van der Waals surface area contributed by atoms with Crippen LogP contribution in [0.3, 0.4) is 0 Å². The molecule has 0 rings (SSSR count). The standard InChI is InChI=1S/C12H26O2/c1-6-8-10(3)13-12(5)14-11(4)9-7-2/h10-12H,6-9H2,1-5H3. The van der Waals surface area contributed by atoms with E-state index in [4.69, 9.17) is 9.47 Å². The van der Waals surface area contributed by atoms with Gasteiger partial charge in [0.2, 0.25) is 0 Å². The van der Waals surface area contributed by atoms with Crippen molar-refractivity contribution in [2.24, 2.45) is 0 Å². The Morgan fingerprint density at radius 1 is 0.786 bits per heavy atom.